The van der Waals surface area contributed by atoms with E-state index in [1.165, 1.54) is 30.3 Å². The maximum Gasteiger partial charge on any atom is 0.147 e. The SMILES string of the molecule is CC(N)Cc1cc(F)ccc1Oc1cc(Cl)c(Cl)cc1Cl. The van der Waals surface area contributed by atoms with E-state index < -0.39 is 0 Å². The van der Waals surface area contributed by atoms with Gasteiger partial charge in [0.1, 0.15) is 17.3 Å². The Morgan fingerprint density at radius 2 is 1.71 bits per heavy atom. The quantitative estimate of drug-likeness (QED) is 0.744. The van der Waals surface area contributed by atoms with Crippen molar-refractivity contribution in [2.45, 2.75) is 19.4 Å². The molecule has 0 heterocycles. The summed E-state index contributed by atoms with van der Waals surface area (Å²) in [6.45, 7) is 1.83. The van der Waals surface area contributed by atoms with Crippen LogP contribution in [0.2, 0.25) is 15.1 Å². The van der Waals surface area contributed by atoms with Crippen LogP contribution in [-0.2, 0) is 6.42 Å². The molecule has 0 radical (unpaired) electrons. The van der Waals surface area contributed by atoms with E-state index in [4.69, 9.17) is 45.3 Å². The fraction of sp³-hybridized carbons (Fsp3) is 0.200. The topological polar surface area (TPSA) is 35.2 Å². The van der Waals surface area contributed by atoms with E-state index in [1.54, 1.807) is 0 Å². The highest BCUT2D eigenvalue weighted by Crippen LogP contribution is 2.37. The zero-order valence-electron chi connectivity index (χ0n) is 11.2. The van der Waals surface area contributed by atoms with Gasteiger partial charge in [-0.15, -0.1) is 0 Å². The number of halogens is 4. The first-order chi connectivity index (χ1) is 9.86. The maximum absolute atomic E-state index is 13.4. The minimum absolute atomic E-state index is 0.126. The monoisotopic (exact) mass is 347 g/mol. The molecule has 0 aliphatic heterocycles. The molecule has 0 spiro atoms. The van der Waals surface area contributed by atoms with Crippen LogP contribution in [0.4, 0.5) is 4.39 Å². The normalized spacial score (nSPS) is 12.3. The van der Waals surface area contributed by atoms with Crippen LogP contribution in [0, 0.1) is 5.82 Å². The summed E-state index contributed by atoms with van der Waals surface area (Å²) in [4.78, 5) is 0. The predicted molar refractivity (Wildman–Crippen MR) is 85.3 cm³/mol. The van der Waals surface area contributed by atoms with Gasteiger partial charge in [0, 0.05) is 12.1 Å². The lowest BCUT2D eigenvalue weighted by atomic mass is 10.1. The fourth-order valence-electron chi connectivity index (χ4n) is 1.85. The molecule has 0 saturated carbocycles. The van der Waals surface area contributed by atoms with E-state index in [-0.39, 0.29) is 11.9 Å². The van der Waals surface area contributed by atoms with Gasteiger partial charge in [-0.1, -0.05) is 34.8 Å². The average Bonchev–Trinajstić information content (AvgIpc) is 2.38. The van der Waals surface area contributed by atoms with Crippen LogP contribution in [0.3, 0.4) is 0 Å². The van der Waals surface area contributed by atoms with Crippen molar-refractivity contribution >= 4 is 34.8 Å². The molecule has 0 saturated heterocycles. The molecule has 2 aromatic rings. The summed E-state index contributed by atoms with van der Waals surface area (Å²) < 4.78 is 19.1. The number of hydrogen-bond acceptors (Lipinski definition) is 2. The second-order valence-electron chi connectivity index (χ2n) is 4.73. The molecule has 0 bridgehead atoms. The molecule has 112 valence electrons. The maximum atomic E-state index is 13.4. The summed E-state index contributed by atoms with van der Waals surface area (Å²) in [6, 6.07) is 7.13. The molecule has 1 atom stereocenters. The molecule has 2 rings (SSSR count). The van der Waals surface area contributed by atoms with Crippen LogP contribution in [0.25, 0.3) is 0 Å². The van der Waals surface area contributed by atoms with Crippen molar-refractivity contribution in [2.75, 3.05) is 0 Å². The Morgan fingerprint density at radius 3 is 2.38 bits per heavy atom. The van der Waals surface area contributed by atoms with Crippen LogP contribution in [0.15, 0.2) is 30.3 Å². The van der Waals surface area contributed by atoms with Gasteiger partial charge in [-0.2, -0.15) is 0 Å². The Balaban J connectivity index is 2.37. The Bertz CT molecular complexity index is 662. The average molecular weight is 349 g/mol. The predicted octanol–water partition coefficient (Wildman–Crippen LogP) is 5.47. The second-order valence-corrected chi connectivity index (χ2v) is 5.95. The summed E-state index contributed by atoms with van der Waals surface area (Å²) in [6.07, 6.45) is 0.478. The summed E-state index contributed by atoms with van der Waals surface area (Å²) in [7, 11) is 0. The molecular weight excluding hydrogens is 336 g/mol. The van der Waals surface area contributed by atoms with E-state index >= 15 is 0 Å². The van der Waals surface area contributed by atoms with Crippen LogP contribution < -0.4 is 10.5 Å². The Labute approximate surface area is 137 Å². The summed E-state index contributed by atoms with van der Waals surface area (Å²) in [5.74, 6) is 0.482. The van der Waals surface area contributed by atoms with Crippen molar-refractivity contribution in [1.82, 2.24) is 0 Å². The fourth-order valence-corrected chi connectivity index (χ4v) is 2.43. The van der Waals surface area contributed by atoms with Crippen LogP contribution in [0.5, 0.6) is 11.5 Å². The first-order valence-corrected chi connectivity index (χ1v) is 7.36. The molecule has 21 heavy (non-hydrogen) atoms. The number of ether oxygens (including phenoxy) is 1. The van der Waals surface area contributed by atoms with Gasteiger partial charge in [0.25, 0.3) is 0 Å². The van der Waals surface area contributed by atoms with Crippen LogP contribution in [-0.4, -0.2) is 6.04 Å². The molecule has 2 nitrogen and oxygen atoms in total. The molecule has 2 aromatic carbocycles. The minimum Gasteiger partial charge on any atom is -0.455 e. The van der Waals surface area contributed by atoms with Crippen molar-refractivity contribution < 1.29 is 9.13 Å². The number of nitrogens with two attached hydrogens (primary N) is 1. The van der Waals surface area contributed by atoms with E-state index in [1.807, 2.05) is 6.92 Å². The zero-order chi connectivity index (χ0) is 15.6. The number of benzene rings is 2. The molecule has 0 fully saturated rings. The largest absolute Gasteiger partial charge is 0.455 e. The highest BCUT2D eigenvalue weighted by molar-refractivity contribution is 6.43. The van der Waals surface area contributed by atoms with Crippen molar-refractivity contribution in [1.29, 1.82) is 0 Å². The summed E-state index contributed by atoms with van der Waals surface area (Å²) >= 11 is 17.9. The number of rotatable bonds is 4. The minimum atomic E-state index is -0.349. The lowest BCUT2D eigenvalue weighted by molar-refractivity contribution is 0.471. The standard InChI is InChI=1S/C15H13Cl3FNO/c1-8(20)4-9-5-10(19)2-3-14(9)21-15-7-12(17)11(16)6-13(15)18/h2-3,5-8H,4,20H2,1H3. The van der Waals surface area contributed by atoms with Gasteiger partial charge in [0.15, 0.2) is 0 Å². The van der Waals surface area contributed by atoms with E-state index in [2.05, 4.69) is 0 Å². The molecular formula is C15H13Cl3FNO. The van der Waals surface area contributed by atoms with Gasteiger partial charge in [0.2, 0.25) is 0 Å². The molecule has 2 N–H and O–H groups in total. The zero-order valence-corrected chi connectivity index (χ0v) is 13.4. The van der Waals surface area contributed by atoms with E-state index in [9.17, 15) is 4.39 Å². The van der Waals surface area contributed by atoms with Crippen LogP contribution in [0.1, 0.15) is 12.5 Å². The van der Waals surface area contributed by atoms with Crippen molar-refractivity contribution in [2.24, 2.45) is 5.73 Å². The molecule has 1 unspecified atom stereocenters. The van der Waals surface area contributed by atoms with Gasteiger partial charge in [0.05, 0.1) is 15.1 Å². The van der Waals surface area contributed by atoms with Gasteiger partial charge in [-0.25, -0.2) is 4.39 Å². The van der Waals surface area contributed by atoms with Gasteiger partial charge < -0.3 is 10.5 Å². The first-order valence-electron chi connectivity index (χ1n) is 6.23. The summed E-state index contributed by atoms with van der Waals surface area (Å²) in [5.41, 5.74) is 6.43. The van der Waals surface area contributed by atoms with Crippen molar-refractivity contribution in [3.05, 3.63) is 56.8 Å². The Kier molecular flexibility index (Phi) is 5.33. The molecule has 0 aliphatic carbocycles. The lowest BCUT2D eigenvalue weighted by Gasteiger charge is -2.14. The molecule has 0 aliphatic rings. The van der Waals surface area contributed by atoms with E-state index in [0.29, 0.717) is 38.6 Å². The third kappa shape index (κ3) is 4.24. The smallest absolute Gasteiger partial charge is 0.147 e. The molecule has 0 aromatic heterocycles. The Hall–Kier alpha value is -1.000. The highest BCUT2D eigenvalue weighted by atomic mass is 35.5. The Morgan fingerprint density at radius 1 is 1.05 bits per heavy atom. The van der Waals surface area contributed by atoms with Gasteiger partial charge in [-0.3, -0.25) is 0 Å². The summed E-state index contributed by atoms with van der Waals surface area (Å²) in [5, 5.41) is 0.983. The molecule has 6 heteroatoms. The molecule has 0 amide bonds. The third-order valence-corrected chi connectivity index (χ3v) is 3.78. The van der Waals surface area contributed by atoms with Crippen molar-refractivity contribution in [3.63, 3.8) is 0 Å². The number of hydrogen-bond donors (Lipinski definition) is 1. The second kappa shape index (κ2) is 6.84. The van der Waals surface area contributed by atoms with E-state index in [0.717, 1.165) is 0 Å². The van der Waals surface area contributed by atoms with Gasteiger partial charge >= 0.3 is 0 Å². The van der Waals surface area contributed by atoms with Crippen molar-refractivity contribution in [3.8, 4) is 11.5 Å². The third-order valence-electron chi connectivity index (χ3n) is 2.76. The highest BCUT2D eigenvalue weighted by Gasteiger charge is 2.12. The van der Waals surface area contributed by atoms with Crippen LogP contribution >= 0.6 is 34.8 Å². The van der Waals surface area contributed by atoms with Gasteiger partial charge in [-0.05, 0) is 43.2 Å². The lowest BCUT2D eigenvalue weighted by Crippen LogP contribution is -2.18. The first kappa shape index (κ1) is 16.4.